The number of hydrogen-bond acceptors (Lipinski definition) is 5. The quantitative estimate of drug-likeness (QED) is 0.392. The minimum atomic E-state index is -0.438. The first kappa shape index (κ1) is 13.5. The highest BCUT2D eigenvalue weighted by Crippen LogP contribution is 2.16. The summed E-state index contributed by atoms with van der Waals surface area (Å²) in [6.45, 7) is 0.325. The van der Waals surface area contributed by atoms with Gasteiger partial charge < -0.3 is 9.94 Å². The van der Waals surface area contributed by atoms with E-state index in [0.717, 1.165) is 11.1 Å². The van der Waals surface area contributed by atoms with E-state index in [0.29, 0.717) is 12.4 Å². The van der Waals surface area contributed by atoms with Crippen LogP contribution in [0.1, 0.15) is 11.1 Å². The zero-order chi connectivity index (χ0) is 14.4. The van der Waals surface area contributed by atoms with Gasteiger partial charge in [-0.25, -0.2) is 0 Å². The molecular weight excluding hydrogens is 260 g/mol. The second-order valence-corrected chi connectivity index (χ2v) is 4.03. The van der Waals surface area contributed by atoms with Gasteiger partial charge in [0.05, 0.1) is 11.1 Å². The SMILES string of the molecule is O=[N+]([O-])c1ccc(COc2ccc(/C=N\O)cc2)cc1. The Kier molecular flexibility index (Phi) is 4.28. The van der Waals surface area contributed by atoms with Crippen LogP contribution in [0.5, 0.6) is 5.75 Å². The molecule has 2 aromatic rings. The molecule has 20 heavy (non-hydrogen) atoms. The molecule has 0 fully saturated rings. The van der Waals surface area contributed by atoms with E-state index < -0.39 is 4.92 Å². The molecular formula is C14H12N2O4. The molecule has 1 N–H and O–H groups in total. The molecule has 0 atom stereocenters. The maximum absolute atomic E-state index is 10.5. The number of hydrogen-bond donors (Lipinski definition) is 1. The predicted molar refractivity (Wildman–Crippen MR) is 73.3 cm³/mol. The smallest absolute Gasteiger partial charge is 0.269 e. The number of non-ortho nitro benzene ring substituents is 1. The summed E-state index contributed by atoms with van der Waals surface area (Å²) in [5, 5.41) is 21.8. The van der Waals surface area contributed by atoms with Crippen LogP contribution in [-0.4, -0.2) is 16.3 Å². The van der Waals surface area contributed by atoms with Gasteiger partial charge in [-0.3, -0.25) is 10.1 Å². The molecule has 0 aliphatic heterocycles. The van der Waals surface area contributed by atoms with Crippen molar-refractivity contribution in [2.75, 3.05) is 0 Å². The van der Waals surface area contributed by atoms with E-state index in [9.17, 15) is 10.1 Å². The molecule has 0 saturated carbocycles. The molecule has 2 aromatic carbocycles. The van der Waals surface area contributed by atoms with Gasteiger partial charge in [0.2, 0.25) is 0 Å². The van der Waals surface area contributed by atoms with E-state index in [-0.39, 0.29) is 5.69 Å². The van der Waals surface area contributed by atoms with Gasteiger partial charge >= 0.3 is 0 Å². The topological polar surface area (TPSA) is 85.0 Å². The average molecular weight is 272 g/mol. The highest BCUT2D eigenvalue weighted by Gasteiger charge is 2.04. The van der Waals surface area contributed by atoms with Crippen molar-refractivity contribution >= 4 is 11.9 Å². The third-order valence-electron chi connectivity index (χ3n) is 2.64. The first-order valence-corrected chi connectivity index (χ1v) is 5.82. The van der Waals surface area contributed by atoms with Gasteiger partial charge in [0.25, 0.3) is 5.69 Å². The Morgan fingerprint density at radius 3 is 2.35 bits per heavy atom. The first-order chi connectivity index (χ1) is 9.69. The van der Waals surface area contributed by atoms with E-state index in [1.54, 1.807) is 36.4 Å². The van der Waals surface area contributed by atoms with Crippen molar-refractivity contribution in [3.8, 4) is 5.75 Å². The predicted octanol–water partition coefficient (Wildman–Crippen LogP) is 2.98. The maximum atomic E-state index is 10.5. The Hall–Kier alpha value is -2.89. The first-order valence-electron chi connectivity index (χ1n) is 5.82. The third kappa shape index (κ3) is 3.55. The van der Waals surface area contributed by atoms with Crippen molar-refractivity contribution in [3.05, 3.63) is 69.8 Å². The van der Waals surface area contributed by atoms with Crippen molar-refractivity contribution in [2.24, 2.45) is 5.16 Å². The second kappa shape index (κ2) is 6.33. The van der Waals surface area contributed by atoms with Crippen molar-refractivity contribution < 1.29 is 14.9 Å². The normalized spacial score (nSPS) is 10.6. The van der Waals surface area contributed by atoms with Crippen LogP contribution in [0, 0.1) is 10.1 Å². The number of nitro groups is 1. The number of rotatable bonds is 5. The molecule has 6 nitrogen and oxygen atoms in total. The minimum absolute atomic E-state index is 0.0568. The lowest BCUT2D eigenvalue weighted by atomic mass is 10.2. The van der Waals surface area contributed by atoms with E-state index in [2.05, 4.69) is 5.16 Å². The van der Waals surface area contributed by atoms with Crippen LogP contribution >= 0.6 is 0 Å². The zero-order valence-electron chi connectivity index (χ0n) is 10.5. The minimum Gasteiger partial charge on any atom is -0.489 e. The average Bonchev–Trinajstić information content (AvgIpc) is 2.47. The Morgan fingerprint density at radius 1 is 1.15 bits per heavy atom. The van der Waals surface area contributed by atoms with Gasteiger partial charge in [-0.1, -0.05) is 5.16 Å². The number of nitro benzene ring substituents is 1. The molecule has 102 valence electrons. The highest BCUT2D eigenvalue weighted by atomic mass is 16.6. The van der Waals surface area contributed by atoms with Gasteiger partial charge in [-0.2, -0.15) is 0 Å². The summed E-state index contributed by atoms with van der Waals surface area (Å²) >= 11 is 0. The lowest BCUT2D eigenvalue weighted by Crippen LogP contribution is -1.96. The van der Waals surface area contributed by atoms with Crippen LogP contribution in [0.3, 0.4) is 0 Å². The van der Waals surface area contributed by atoms with Gasteiger partial charge in [0.15, 0.2) is 0 Å². The molecule has 2 rings (SSSR count). The standard InChI is InChI=1S/C14H12N2O4/c17-15-9-11-3-7-14(8-4-11)20-10-12-1-5-13(6-2-12)16(18)19/h1-9,17H,10H2/b15-9-. The van der Waals surface area contributed by atoms with E-state index in [4.69, 9.17) is 9.94 Å². The second-order valence-electron chi connectivity index (χ2n) is 4.03. The van der Waals surface area contributed by atoms with Gasteiger partial charge in [-0.15, -0.1) is 0 Å². The van der Waals surface area contributed by atoms with Gasteiger partial charge in [-0.05, 0) is 47.5 Å². The zero-order valence-corrected chi connectivity index (χ0v) is 10.5. The Balaban J connectivity index is 1.96. The van der Waals surface area contributed by atoms with Crippen LogP contribution in [-0.2, 0) is 6.61 Å². The van der Waals surface area contributed by atoms with Crippen LogP contribution in [0.25, 0.3) is 0 Å². The Morgan fingerprint density at radius 2 is 1.80 bits per heavy atom. The summed E-state index contributed by atoms with van der Waals surface area (Å²) in [6, 6.07) is 13.2. The molecule has 0 heterocycles. The molecule has 6 heteroatoms. The van der Waals surface area contributed by atoms with Crippen molar-refractivity contribution in [1.82, 2.24) is 0 Å². The third-order valence-corrected chi connectivity index (χ3v) is 2.64. The Bertz CT molecular complexity index is 606. The summed E-state index contributed by atoms with van der Waals surface area (Å²) in [5.74, 6) is 0.665. The summed E-state index contributed by atoms with van der Waals surface area (Å²) in [7, 11) is 0. The molecule has 0 saturated heterocycles. The van der Waals surface area contributed by atoms with E-state index in [1.807, 2.05) is 0 Å². The lowest BCUT2D eigenvalue weighted by molar-refractivity contribution is -0.384. The van der Waals surface area contributed by atoms with E-state index >= 15 is 0 Å². The molecule has 0 radical (unpaired) electrons. The molecule has 0 aliphatic carbocycles. The highest BCUT2D eigenvalue weighted by molar-refractivity contribution is 5.79. The summed E-state index contributed by atoms with van der Waals surface area (Å²) in [4.78, 5) is 10.1. The molecule has 0 amide bonds. The molecule has 0 bridgehead atoms. The maximum Gasteiger partial charge on any atom is 0.269 e. The summed E-state index contributed by atoms with van der Waals surface area (Å²) in [5.41, 5.74) is 1.66. The lowest BCUT2D eigenvalue weighted by Gasteiger charge is -2.06. The largest absolute Gasteiger partial charge is 0.489 e. The fraction of sp³-hybridized carbons (Fsp3) is 0.0714. The van der Waals surface area contributed by atoms with Crippen molar-refractivity contribution in [1.29, 1.82) is 0 Å². The van der Waals surface area contributed by atoms with Crippen LogP contribution < -0.4 is 4.74 Å². The number of nitrogens with zero attached hydrogens (tertiary/aromatic N) is 2. The fourth-order valence-electron chi connectivity index (χ4n) is 1.60. The molecule has 0 unspecified atom stereocenters. The monoisotopic (exact) mass is 272 g/mol. The molecule has 0 aromatic heterocycles. The fourth-order valence-corrected chi connectivity index (χ4v) is 1.60. The van der Waals surface area contributed by atoms with Gasteiger partial charge in [0.1, 0.15) is 12.4 Å². The summed E-state index contributed by atoms with van der Waals surface area (Å²) in [6.07, 6.45) is 1.32. The number of ether oxygens (including phenoxy) is 1. The molecule has 0 aliphatic rings. The summed E-state index contributed by atoms with van der Waals surface area (Å²) < 4.78 is 5.55. The Labute approximate surface area is 115 Å². The molecule has 0 spiro atoms. The van der Waals surface area contributed by atoms with Crippen LogP contribution in [0.15, 0.2) is 53.7 Å². The van der Waals surface area contributed by atoms with Crippen LogP contribution in [0.2, 0.25) is 0 Å². The number of oxime groups is 1. The van der Waals surface area contributed by atoms with Crippen molar-refractivity contribution in [2.45, 2.75) is 6.61 Å². The van der Waals surface area contributed by atoms with Crippen LogP contribution in [0.4, 0.5) is 5.69 Å². The van der Waals surface area contributed by atoms with E-state index in [1.165, 1.54) is 18.3 Å². The van der Waals surface area contributed by atoms with Gasteiger partial charge in [0, 0.05) is 12.1 Å². The number of benzene rings is 2. The van der Waals surface area contributed by atoms with Crippen molar-refractivity contribution in [3.63, 3.8) is 0 Å².